The summed E-state index contributed by atoms with van der Waals surface area (Å²) in [5.74, 6) is 0.855. The van der Waals surface area contributed by atoms with E-state index in [-0.39, 0.29) is 10.4 Å². The van der Waals surface area contributed by atoms with E-state index >= 15 is 0 Å². The summed E-state index contributed by atoms with van der Waals surface area (Å²) >= 11 is 1.15. The second-order valence-electron chi connectivity index (χ2n) is 8.06. The van der Waals surface area contributed by atoms with Gasteiger partial charge in [-0.1, -0.05) is 0 Å². The maximum absolute atomic E-state index is 13.0. The number of rotatable bonds is 5. The molecule has 9 nitrogen and oxygen atoms in total. The third kappa shape index (κ3) is 4.05. The summed E-state index contributed by atoms with van der Waals surface area (Å²) in [6.07, 6.45) is 4.82. The molecule has 2 aliphatic heterocycles. The molecular formula is C21H26N6O3S2. The Hall–Kier alpha value is -2.34. The van der Waals surface area contributed by atoms with Crippen molar-refractivity contribution in [3.8, 4) is 0 Å². The molecule has 0 amide bonds. The number of hydrogen-bond acceptors (Lipinski definition) is 9. The van der Waals surface area contributed by atoms with Gasteiger partial charge in [-0.25, -0.2) is 23.4 Å². The van der Waals surface area contributed by atoms with E-state index < -0.39 is 10.0 Å². The van der Waals surface area contributed by atoms with E-state index in [2.05, 4.69) is 43.0 Å². The number of piperidine rings is 1. The van der Waals surface area contributed by atoms with Crippen molar-refractivity contribution < 1.29 is 13.2 Å². The fourth-order valence-electron chi connectivity index (χ4n) is 4.40. The van der Waals surface area contributed by atoms with E-state index in [0.29, 0.717) is 6.54 Å². The van der Waals surface area contributed by atoms with Crippen molar-refractivity contribution in [2.75, 3.05) is 56.2 Å². The fourth-order valence-corrected chi connectivity index (χ4v) is 6.77. The molecule has 5 rings (SSSR count). The van der Waals surface area contributed by atoms with Crippen LogP contribution in [0.5, 0.6) is 0 Å². The van der Waals surface area contributed by atoms with Gasteiger partial charge in [0.1, 0.15) is 12.1 Å². The normalized spacial score (nSPS) is 20.2. The van der Waals surface area contributed by atoms with Gasteiger partial charge in [0.15, 0.2) is 0 Å². The number of anilines is 2. The van der Waals surface area contributed by atoms with Gasteiger partial charge in [0.2, 0.25) is 4.34 Å². The summed E-state index contributed by atoms with van der Waals surface area (Å²) in [4.78, 5) is 17.6. The van der Waals surface area contributed by atoms with Crippen molar-refractivity contribution >= 4 is 43.8 Å². The lowest BCUT2D eigenvalue weighted by Crippen LogP contribution is -2.48. The van der Waals surface area contributed by atoms with Crippen molar-refractivity contribution in [1.82, 2.24) is 19.3 Å². The minimum absolute atomic E-state index is 0.139. The fraction of sp³-hybridized carbons (Fsp3) is 0.476. The molecule has 0 saturated carbocycles. The van der Waals surface area contributed by atoms with Crippen LogP contribution in [-0.2, 0) is 14.8 Å². The zero-order chi connectivity index (χ0) is 22.1. The van der Waals surface area contributed by atoms with E-state index in [9.17, 15) is 8.42 Å². The second kappa shape index (κ2) is 8.89. The Morgan fingerprint density at radius 3 is 2.75 bits per heavy atom. The number of thiazole rings is 1. The summed E-state index contributed by atoms with van der Waals surface area (Å²) in [5, 5.41) is 2.67. The summed E-state index contributed by atoms with van der Waals surface area (Å²) in [5.41, 5.74) is 2.03. The molecule has 32 heavy (non-hydrogen) atoms. The van der Waals surface area contributed by atoms with Crippen LogP contribution in [0.1, 0.15) is 12.8 Å². The maximum Gasteiger partial charge on any atom is 0.270 e. The molecule has 0 N–H and O–H groups in total. The third-order valence-electron chi connectivity index (χ3n) is 6.20. The van der Waals surface area contributed by atoms with E-state index in [1.54, 1.807) is 18.8 Å². The maximum atomic E-state index is 13.0. The summed E-state index contributed by atoms with van der Waals surface area (Å²) < 4.78 is 33.0. The number of benzene rings is 1. The summed E-state index contributed by atoms with van der Waals surface area (Å²) in [6.45, 7) is 4.63. The van der Waals surface area contributed by atoms with Gasteiger partial charge in [0.05, 0.1) is 18.7 Å². The van der Waals surface area contributed by atoms with Crippen LogP contribution >= 0.6 is 11.3 Å². The van der Waals surface area contributed by atoms with E-state index in [4.69, 9.17) is 4.74 Å². The first kappa shape index (κ1) is 21.5. The van der Waals surface area contributed by atoms with Crippen LogP contribution in [0.2, 0.25) is 0 Å². The lowest BCUT2D eigenvalue weighted by Gasteiger charge is -2.37. The van der Waals surface area contributed by atoms with E-state index in [0.717, 1.165) is 79.4 Å². The molecule has 11 heteroatoms. The Bertz CT molecular complexity index is 1180. The smallest absolute Gasteiger partial charge is 0.270 e. The molecule has 2 fully saturated rings. The molecule has 0 bridgehead atoms. The summed E-state index contributed by atoms with van der Waals surface area (Å²) in [7, 11) is -1.95. The van der Waals surface area contributed by atoms with Crippen LogP contribution in [0.3, 0.4) is 0 Å². The first-order valence-corrected chi connectivity index (χ1v) is 13.1. The molecule has 3 aromatic rings. The van der Waals surface area contributed by atoms with Crippen molar-refractivity contribution in [1.29, 1.82) is 0 Å². The standard InChI is InChI=1S/C21H26N6O3S2/c1-25(32(28,29)21-22-6-12-31-21)17-3-2-7-27(14-17)20-18-5-4-16(13-19(18)23-15-24-20)26-8-10-30-11-9-26/h4-6,12-13,15,17H,2-3,7-11,14H2,1H3. The lowest BCUT2D eigenvalue weighted by atomic mass is 10.1. The van der Waals surface area contributed by atoms with E-state index in [1.165, 1.54) is 10.5 Å². The first-order valence-electron chi connectivity index (χ1n) is 10.7. The van der Waals surface area contributed by atoms with Gasteiger partial charge in [-0.3, -0.25) is 0 Å². The molecule has 4 heterocycles. The lowest BCUT2D eigenvalue weighted by molar-refractivity contribution is 0.122. The Morgan fingerprint density at radius 1 is 1.12 bits per heavy atom. The van der Waals surface area contributed by atoms with Crippen LogP contribution in [0.4, 0.5) is 11.5 Å². The van der Waals surface area contributed by atoms with Gasteiger partial charge >= 0.3 is 0 Å². The number of fused-ring (bicyclic) bond motifs is 1. The zero-order valence-electron chi connectivity index (χ0n) is 17.9. The molecule has 0 radical (unpaired) electrons. The third-order valence-corrected chi connectivity index (χ3v) is 9.28. The molecule has 0 aliphatic carbocycles. The molecular weight excluding hydrogens is 448 g/mol. The van der Waals surface area contributed by atoms with Crippen molar-refractivity contribution in [2.45, 2.75) is 23.2 Å². The molecule has 2 aliphatic rings. The van der Waals surface area contributed by atoms with Gasteiger partial charge in [-0.05, 0) is 31.0 Å². The number of nitrogens with zero attached hydrogens (tertiary/aromatic N) is 6. The molecule has 0 spiro atoms. The van der Waals surface area contributed by atoms with E-state index in [1.807, 2.05) is 0 Å². The summed E-state index contributed by atoms with van der Waals surface area (Å²) in [6, 6.07) is 6.15. The average molecular weight is 475 g/mol. The highest BCUT2D eigenvalue weighted by Crippen LogP contribution is 2.31. The van der Waals surface area contributed by atoms with Gasteiger partial charge in [0, 0.05) is 61.9 Å². The monoisotopic (exact) mass is 474 g/mol. The Kier molecular flexibility index (Phi) is 5.97. The highest BCUT2D eigenvalue weighted by Gasteiger charge is 2.33. The van der Waals surface area contributed by atoms with Crippen molar-refractivity contribution in [3.63, 3.8) is 0 Å². The van der Waals surface area contributed by atoms with Crippen LogP contribution in [0, 0.1) is 0 Å². The second-order valence-corrected chi connectivity index (χ2v) is 11.1. The molecule has 1 atom stereocenters. The van der Waals surface area contributed by atoms with Gasteiger partial charge in [-0.15, -0.1) is 11.3 Å². The van der Waals surface area contributed by atoms with Crippen LogP contribution in [-0.4, -0.2) is 80.2 Å². The highest BCUT2D eigenvalue weighted by molar-refractivity contribution is 7.91. The number of aromatic nitrogens is 3. The minimum atomic E-state index is -3.60. The molecule has 170 valence electrons. The minimum Gasteiger partial charge on any atom is -0.378 e. The van der Waals surface area contributed by atoms with Gasteiger partial charge in [0.25, 0.3) is 10.0 Å². The largest absolute Gasteiger partial charge is 0.378 e. The topological polar surface area (TPSA) is 91.8 Å². The molecule has 1 unspecified atom stereocenters. The molecule has 1 aromatic carbocycles. The number of hydrogen-bond donors (Lipinski definition) is 0. The predicted octanol–water partition coefficient (Wildman–Crippen LogP) is 2.21. The Morgan fingerprint density at radius 2 is 1.97 bits per heavy atom. The van der Waals surface area contributed by atoms with Crippen LogP contribution < -0.4 is 9.80 Å². The quantitative estimate of drug-likeness (QED) is 0.556. The molecule has 2 saturated heterocycles. The zero-order valence-corrected chi connectivity index (χ0v) is 19.6. The van der Waals surface area contributed by atoms with Crippen LogP contribution in [0.25, 0.3) is 10.9 Å². The average Bonchev–Trinajstić information content (AvgIpc) is 3.39. The van der Waals surface area contributed by atoms with Crippen molar-refractivity contribution in [2.24, 2.45) is 0 Å². The van der Waals surface area contributed by atoms with Gasteiger partial charge < -0.3 is 14.5 Å². The number of sulfonamides is 1. The Labute approximate surface area is 191 Å². The Balaban J connectivity index is 1.40. The SMILES string of the molecule is CN(C1CCCN(c2ncnc3cc(N4CCOCC4)ccc23)C1)S(=O)(=O)c1nccs1. The highest BCUT2D eigenvalue weighted by atomic mass is 32.2. The number of ether oxygens (including phenoxy) is 1. The van der Waals surface area contributed by atoms with Crippen LogP contribution in [0.15, 0.2) is 40.4 Å². The first-order chi connectivity index (χ1) is 15.5. The molecule has 2 aromatic heterocycles. The van der Waals surface area contributed by atoms with Gasteiger partial charge in [-0.2, -0.15) is 4.31 Å². The number of morpholine rings is 1. The number of likely N-dealkylation sites (N-methyl/N-ethyl adjacent to an activating group) is 1. The predicted molar refractivity (Wildman–Crippen MR) is 125 cm³/mol. The van der Waals surface area contributed by atoms with Crippen molar-refractivity contribution in [3.05, 3.63) is 36.1 Å².